The minimum atomic E-state index is -0.575. The first-order chi connectivity index (χ1) is 8.56. The second-order valence-corrected chi connectivity index (χ2v) is 3.86. The Morgan fingerprint density at radius 3 is 2.94 bits per heavy atom. The van der Waals surface area contributed by atoms with Gasteiger partial charge in [0, 0.05) is 19.8 Å². The summed E-state index contributed by atoms with van der Waals surface area (Å²) in [7, 11) is 1.65. The molecule has 1 aromatic heterocycles. The van der Waals surface area contributed by atoms with Crippen molar-refractivity contribution in [2.75, 3.05) is 18.9 Å². The van der Waals surface area contributed by atoms with E-state index in [-0.39, 0.29) is 17.4 Å². The lowest BCUT2D eigenvalue weighted by molar-refractivity contribution is -0.384. The van der Waals surface area contributed by atoms with Crippen molar-refractivity contribution in [2.24, 2.45) is 0 Å². The number of unbranched alkanes of at least 4 members (excludes halogenated alkanes) is 1. The van der Waals surface area contributed by atoms with Crippen LogP contribution in [0.4, 0.5) is 16.2 Å². The van der Waals surface area contributed by atoms with Crippen molar-refractivity contribution >= 4 is 17.4 Å². The molecule has 0 atom stereocenters. The molecule has 0 aliphatic rings. The summed E-state index contributed by atoms with van der Waals surface area (Å²) >= 11 is 0. The largest absolute Gasteiger partial charge is 0.328 e. The zero-order valence-electron chi connectivity index (χ0n) is 10.4. The average molecular weight is 252 g/mol. The van der Waals surface area contributed by atoms with Gasteiger partial charge in [0.05, 0.1) is 4.92 Å². The molecule has 98 valence electrons. The molecule has 2 amide bonds. The van der Waals surface area contributed by atoms with Gasteiger partial charge in [0.2, 0.25) is 0 Å². The zero-order valence-corrected chi connectivity index (χ0v) is 10.4. The van der Waals surface area contributed by atoms with E-state index in [9.17, 15) is 14.9 Å². The van der Waals surface area contributed by atoms with Crippen molar-refractivity contribution in [3.05, 3.63) is 28.6 Å². The van der Waals surface area contributed by atoms with Gasteiger partial charge in [0.1, 0.15) is 11.9 Å². The number of nitrogens with zero attached hydrogens (tertiary/aromatic N) is 3. The second kappa shape index (κ2) is 6.53. The van der Waals surface area contributed by atoms with Crippen molar-refractivity contribution < 1.29 is 9.72 Å². The van der Waals surface area contributed by atoms with Gasteiger partial charge in [-0.05, 0) is 12.5 Å². The Labute approximate surface area is 105 Å². The molecule has 0 saturated carbocycles. The molecule has 0 fully saturated rings. The van der Waals surface area contributed by atoms with Crippen LogP contribution in [0.25, 0.3) is 0 Å². The van der Waals surface area contributed by atoms with Crippen LogP contribution in [0, 0.1) is 10.1 Å². The highest BCUT2D eigenvalue weighted by Gasteiger charge is 2.17. The molecule has 0 spiro atoms. The summed E-state index contributed by atoms with van der Waals surface area (Å²) in [5, 5.41) is 13.3. The normalized spacial score (nSPS) is 9.89. The van der Waals surface area contributed by atoms with E-state index in [1.165, 1.54) is 17.2 Å². The van der Waals surface area contributed by atoms with E-state index in [2.05, 4.69) is 10.3 Å². The molecule has 1 rings (SSSR count). The van der Waals surface area contributed by atoms with Crippen LogP contribution in [-0.2, 0) is 0 Å². The van der Waals surface area contributed by atoms with E-state index in [0.717, 1.165) is 19.0 Å². The maximum atomic E-state index is 11.8. The third kappa shape index (κ3) is 3.69. The predicted molar refractivity (Wildman–Crippen MR) is 67.4 cm³/mol. The predicted octanol–water partition coefficient (Wildman–Crippen LogP) is 2.25. The number of carbonyl (C=O) groups is 1. The van der Waals surface area contributed by atoms with E-state index in [1.807, 2.05) is 6.92 Å². The maximum Gasteiger partial charge on any atom is 0.321 e. The van der Waals surface area contributed by atoms with Crippen LogP contribution >= 0.6 is 0 Å². The van der Waals surface area contributed by atoms with Crippen molar-refractivity contribution in [2.45, 2.75) is 19.8 Å². The molecule has 0 radical (unpaired) electrons. The minimum absolute atomic E-state index is 0.156. The first kappa shape index (κ1) is 13.9. The number of nitro groups is 1. The summed E-state index contributed by atoms with van der Waals surface area (Å²) in [6.45, 7) is 2.64. The van der Waals surface area contributed by atoms with Crippen LogP contribution in [-0.4, -0.2) is 34.4 Å². The Bertz CT molecular complexity index is 436. The Morgan fingerprint density at radius 2 is 2.33 bits per heavy atom. The lowest BCUT2D eigenvalue weighted by atomic mass is 10.3. The lowest BCUT2D eigenvalue weighted by Gasteiger charge is -2.17. The fraction of sp³-hybridized carbons (Fsp3) is 0.455. The third-order valence-electron chi connectivity index (χ3n) is 2.43. The summed E-state index contributed by atoms with van der Waals surface area (Å²) in [6.07, 6.45) is 4.38. The number of aromatic nitrogens is 1. The highest BCUT2D eigenvalue weighted by molar-refractivity contribution is 5.91. The van der Waals surface area contributed by atoms with Gasteiger partial charge in [0.25, 0.3) is 0 Å². The Morgan fingerprint density at radius 1 is 1.61 bits per heavy atom. The second-order valence-electron chi connectivity index (χ2n) is 3.86. The van der Waals surface area contributed by atoms with E-state index >= 15 is 0 Å². The van der Waals surface area contributed by atoms with Crippen LogP contribution in [0.5, 0.6) is 0 Å². The lowest BCUT2D eigenvalue weighted by Crippen LogP contribution is -2.32. The topological polar surface area (TPSA) is 88.4 Å². The van der Waals surface area contributed by atoms with Crippen LogP contribution in [0.1, 0.15) is 19.8 Å². The van der Waals surface area contributed by atoms with Crippen LogP contribution in [0.15, 0.2) is 18.5 Å². The standard InChI is InChI=1S/C11H16N4O3/c1-3-4-7-14(2)11(16)13-9-5-6-12-8-10(9)15(17)18/h5-6,8H,3-4,7H2,1-2H3,(H,12,13,16). The number of amides is 2. The maximum absolute atomic E-state index is 11.8. The zero-order chi connectivity index (χ0) is 13.5. The number of urea groups is 1. The molecule has 1 aromatic rings. The number of hydrogen-bond acceptors (Lipinski definition) is 4. The van der Waals surface area contributed by atoms with Gasteiger partial charge in [-0.2, -0.15) is 0 Å². The summed E-state index contributed by atoms with van der Waals surface area (Å²) in [5.74, 6) is 0. The quantitative estimate of drug-likeness (QED) is 0.643. The smallest absolute Gasteiger partial charge is 0.321 e. The summed E-state index contributed by atoms with van der Waals surface area (Å²) < 4.78 is 0. The fourth-order valence-corrected chi connectivity index (χ4v) is 1.34. The molecule has 1 N–H and O–H groups in total. The van der Waals surface area contributed by atoms with Crippen molar-refractivity contribution in [3.8, 4) is 0 Å². The molecule has 1 heterocycles. The highest BCUT2D eigenvalue weighted by atomic mass is 16.6. The molecule has 0 bridgehead atoms. The van der Waals surface area contributed by atoms with Gasteiger partial charge in [-0.25, -0.2) is 4.79 Å². The highest BCUT2D eigenvalue weighted by Crippen LogP contribution is 2.21. The molecule has 7 nitrogen and oxygen atoms in total. The average Bonchev–Trinajstić information content (AvgIpc) is 2.36. The Kier molecular flexibility index (Phi) is 5.04. The molecule has 7 heteroatoms. The SMILES string of the molecule is CCCCN(C)C(=O)Nc1ccncc1[N+](=O)[O-]. The molecule has 0 saturated heterocycles. The van der Waals surface area contributed by atoms with Gasteiger partial charge in [-0.3, -0.25) is 15.1 Å². The van der Waals surface area contributed by atoms with Crippen molar-refractivity contribution in [3.63, 3.8) is 0 Å². The van der Waals surface area contributed by atoms with Gasteiger partial charge in [-0.15, -0.1) is 0 Å². The Balaban J connectivity index is 2.72. The third-order valence-corrected chi connectivity index (χ3v) is 2.43. The number of hydrogen-bond donors (Lipinski definition) is 1. The van der Waals surface area contributed by atoms with E-state index in [0.29, 0.717) is 6.54 Å². The number of rotatable bonds is 5. The van der Waals surface area contributed by atoms with Crippen LogP contribution in [0.3, 0.4) is 0 Å². The van der Waals surface area contributed by atoms with Crippen molar-refractivity contribution in [1.82, 2.24) is 9.88 Å². The number of carbonyl (C=O) groups excluding carboxylic acids is 1. The van der Waals surface area contributed by atoms with Gasteiger partial charge in [0.15, 0.2) is 0 Å². The number of anilines is 1. The van der Waals surface area contributed by atoms with Crippen LogP contribution in [0.2, 0.25) is 0 Å². The number of nitrogens with one attached hydrogen (secondary N) is 1. The minimum Gasteiger partial charge on any atom is -0.328 e. The molecule has 0 aliphatic heterocycles. The van der Waals surface area contributed by atoms with E-state index < -0.39 is 4.92 Å². The van der Waals surface area contributed by atoms with Crippen LogP contribution < -0.4 is 5.32 Å². The summed E-state index contributed by atoms with van der Waals surface area (Å²) in [6, 6.07) is 1.04. The first-order valence-electron chi connectivity index (χ1n) is 5.66. The molecule has 0 aliphatic carbocycles. The van der Waals surface area contributed by atoms with Gasteiger partial charge < -0.3 is 10.2 Å². The molecular formula is C11H16N4O3. The molecule has 0 aromatic carbocycles. The monoisotopic (exact) mass is 252 g/mol. The number of pyridine rings is 1. The molecule has 18 heavy (non-hydrogen) atoms. The van der Waals surface area contributed by atoms with Gasteiger partial charge >= 0.3 is 11.7 Å². The molecule has 0 unspecified atom stereocenters. The van der Waals surface area contributed by atoms with Crippen molar-refractivity contribution in [1.29, 1.82) is 0 Å². The molecular weight excluding hydrogens is 236 g/mol. The summed E-state index contributed by atoms with van der Waals surface area (Å²) in [4.78, 5) is 27.1. The van der Waals surface area contributed by atoms with E-state index in [4.69, 9.17) is 0 Å². The first-order valence-corrected chi connectivity index (χ1v) is 5.66. The Hall–Kier alpha value is -2.18. The van der Waals surface area contributed by atoms with Gasteiger partial charge in [-0.1, -0.05) is 13.3 Å². The fourth-order valence-electron chi connectivity index (χ4n) is 1.34. The summed E-state index contributed by atoms with van der Waals surface area (Å²) in [5.41, 5.74) is -0.0573. The van der Waals surface area contributed by atoms with E-state index in [1.54, 1.807) is 7.05 Å².